The normalized spacial score (nSPS) is 32.9. The Labute approximate surface area is 221 Å². The molecule has 38 heavy (non-hydrogen) atoms. The summed E-state index contributed by atoms with van der Waals surface area (Å²) in [7, 11) is 0. The van der Waals surface area contributed by atoms with Gasteiger partial charge in [-0.1, -0.05) is 37.8 Å². The number of H-pyrrole nitrogens is 2. The number of nitrogens with zero attached hydrogens (tertiary/aromatic N) is 2. The van der Waals surface area contributed by atoms with Crippen molar-refractivity contribution < 1.29 is 0 Å². The molecule has 6 heteroatoms. The van der Waals surface area contributed by atoms with Gasteiger partial charge in [-0.15, -0.1) is 0 Å². The van der Waals surface area contributed by atoms with Crippen LogP contribution in [0.15, 0.2) is 48.5 Å². The first kappa shape index (κ1) is 21.3. The number of piperidine rings is 2. The van der Waals surface area contributed by atoms with Crippen LogP contribution in [0.3, 0.4) is 0 Å². The van der Waals surface area contributed by atoms with Crippen LogP contribution in [-0.2, 0) is 0 Å². The van der Waals surface area contributed by atoms with Crippen molar-refractivity contribution in [2.75, 3.05) is 0 Å². The molecule has 0 spiro atoms. The molecule has 9 rings (SSSR count). The van der Waals surface area contributed by atoms with Crippen LogP contribution in [0.1, 0.15) is 74.4 Å². The molecule has 0 bridgehead atoms. The Balaban J connectivity index is 0.992. The third-order valence-electron chi connectivity index (χ3n) is 9.85. The van der Waals surface area contributed by atoms with E-state index in [4.69, 9.17) is 9.97 Å². The predicted molar refractivity (Wildman–Crippen MR) is 150 cm³/mol. The molecule has 6 nitrogen and oxygen atoms in total. The molecular weight excluding hydrogens is 468 g/mol. The first-order valence-corrected chi connectivity index (χ1v) is 13.9. The summed E-state index contributed by atoms with van der Waals surface area (Å²) < 4.78 is 0. The molecule has 5 aromatic rings. The van der Waals surface area contributed by atoms with E-state index in [1.54, 1.807) is 0 Å². The highest BCUT2D eigenvalue weighted by atomic mass is 15.1. The van der Waals surface area contributed by atoms with Crippen molar-refractivity contribution in [2.45, 2.75) is 63.7 Å². The van der Waals surface area contributed by atoms with Gasteiger partial charge in [-0.3, -0.25) is 0 Å². The number of imidazole rings is 2. The molecule has 2 aliphatic heterocycles. The number of aromatic nitrogens is 4. The molecule has 0 amide bonds. The van der Waals surface area contributed by atoms with Crippen LogP contribution in [0.5, 0.6) is 0 Å². The van der Waals surface area contributed by atoms with Gasteiger partial charge in [0.05, 0.1) is 34.2 Å². The highest BCUT2D eigenvalue weighted by molar-refractivity contribution is 6.04. The SMILES string of the molecule is C[C@]12CC1N[C@H](c1nc3ccc(C#Cc4ccc5c(ccc6[nH]c([C@@H]7C[C@@]8(C)CC8N7)nc65)c4)cc3[nH]1)C2. The summed E-state index contributed by atoms with van der Waals surface area (Å²) in [5.41, 5.74) is 7.14. The van der Waals surface area contributed by atoms with Crippen LogP contribution in [0, 0.1) is 22.7 Å². The van der Waals surface area contributed by atoms with E-state index >= 15 is 0 Å². The Hall–Kier alpha value is -3.66. The average molecular weight is 499 g/mol. The van der Waals surface area contributed by atoms with E-state index < -0.39 is 0 Å². The van der Waals surface area contributed by atoms with E-state index in [1.165, 1.54) is 23.6 Å². The van der Waals surface area contributed by atoms with Crippen LogP contribution in [0.2, 0.25) is 0 Å². The number of aromatic amines is 2. The molecule has 3 aromatic carbocycles. The van der Waals surface area contributed by atoms with Gasteiger partial charge in [0.1, 0.15) is 11.6 Å². The second-order valence-corrected chi connectivity index (χ2v) is 12.8. The Bertz CT molecular complexity index is 1870. The summed E-state index contributed by atoms with van der Waals surface area (Å²) in [5.74, 6) is 8.85. The number of benzene rings is 3. The number of hydrogen-bond donors (Lipinski definition) is 4. The summed E-state index contributed by atoms with van der Waals surface area (Å²) in [6.07, 6.45) is 4.92. The maximum atomic E-state index is 5.03. The minimum atomic E-state index is 0.331. The maximum Gasteiger partial charge on any atom is 0.124 e. The van der Waals surface area contributed by atoms with Crippen molar-refractivity contribution >= 4 is 32.8 Å². The zero-order valence-electron chi connectivity index (χ0n) is 21.7. The van der Waals surface area contributed by atoms with Crippen molar-refractivity contribution in [3.05, 3.63) is 71.3 Å². The van der Waals surface area contributed by atoms with Gasteiger partial charge in [0.2, 0.25) is 0 Å². The standard InChI is InChI=1S/C32H30N6/c1-31-13-24(33-26(31)15-31)29-35-21-9-6-18(12-23(21)37-29)4-3-17-5-8-20-19(11-17)7-10-22-28(20)38-30(36-22)25-14-32(2)16-27(32)34-25/h5-12,24-27,33-34H,13-16H2,1-2H3,(H,35,37)(H,36,38)/t24-,25-,26?,27?,31-,32-/m0/s1. The molecule has 4 heterocycles. The lowest BCUT2D eigenvalue weighted by Gasteiger charge is -2.10. The summed E-state index contributed by atoms with van der Waals surface area (Å²) in [6, 6.07) is 19.0. The number of rotatable bonds is 2. The quantitative estimate of drug-likeness (QED) is 0.238. The smallest absolute Gasteiger partial charge is 0.124 e. The zero-order chi connectivity index (χ0) is 25.2. The molecule has 2 aliphatic carbocycles. The highest BCUT2D eigenvalue weighted by Gasteiger charge is 2.58. The average Bonchev–Trinajstić information content (AvgIpc) is 3.40. The topological polar surface area (TPSA) is 81.4 Å². The molecule has 2 aromatic heterocycles. The second-order valence-electron chi connectivity index (χ2n) is 12.8. The lowest BCUT2D eigenvalue weighted by molar-refractivity contribution is 0.489. The van der Waals surface area contributed by atoms with Crippen molar-refractivity contribution in [2.24, 2.45) is 10.8 Å². The highest BCUT2D eigenvalue weighted by Crippen LogP contribution is 2.58. The van der Waals surface area contributed by atoms with Gasteiger partial charge in [0.15, 0.2) is 0 Å². The van der Waals surface area contributed by atoms with Crippen molar-refractivity contribution in [1.29, 1.82) is 0 Å². The van der Waals surface area contributed by atoms with E-state index in [1.807, 2.05) is 0 Å². The first-order valence-electron chi connectivity index (χ1n) is 13.9. The van der Waals surface area contributed by atoms with E-state index in [0.717, 1.165) is 57.7 Å². The van der Waals surface area contributed by atoms with Crippen molar-refractivity contribution in [3.8, 4) is 11.8 Å². The molecule has 4 N–H and O–H groups in total. The predicted octanol–water partition coefficient (Wildman–Crippen LogP) is 5.62. The van der Waals surface area contributed by atoms with Gasteiger partial charge in [0.25, 0.3) is 0 Å². The Morgan fingerprint density at radius 3 is 2.08 bits per heavy atom. The first-order chi connectivity index (χ1) is 18.4. The van der Waals surface area contributed by atoms with Gasteiger partial charge in [-0.2, -0.15) is 0 Å². The minimum absolute atomic E-state index is 0.331. The maximum absolute atomic E-state index is 5.03. The van der Waals surface area contributed by atoms with E-state index in [2.05, 4.69) is 94.8 Å². The van der Waals surface area contributed by atoms with Crippen molar-refractivity contribution in [1.82, 2.24) is 30.6 Å². The molecule has 4 aliphatic rings. The van der Waals surface area contributed by atoms with Crippen molar-refractivity contribution in [3.63, 3.8) is 0 Å². The van der Waals surface area contributed by atoms with Crippen LogP contribution in [0.4, 0.5) is 0 Å². The third kappa shape index (κ3) is 3.15. The Morgan fingerprint density at radius 1 is 0.711 bits per heavy atom. The van der Waals surface area contributed by atoms with E-state index in [9.17, 15) is 0 Å². The van der Waals surface area contributed by atoms with E-state index in [0.29, 0.717) is 35.0 Å². The fourth-order valence-corrected chi connectivity index (χ4v) is 7.15. The fourth-order valence-electron chi connectivity index (χ4n) is 7.15. The molecule has 4 fully saturated rings. The van der Waals surface area contributed by atoms with Gasteiger partial charge >= 0.3 is 0 Å². The van der Waals surface area contributed by atoms with Gasteiger partial charge in [0, 0.05) is 28.6 Å². The van der Waals surface area contributed by atoms with Crippen LogP contribution >= 0.6 is 0 Å². The number of nitrogens with one attached hydrogen (secondary N) is 4. The van der Waals surface area contributed by atoms with E-state index in [-0.39, 0.29) is 0 Å². The van der Waals surface area contributed by atoms with Gasteiger partial charge in [-0.05, 0) is 78.3 Å². The molecule has 6 atom stereocenters. The van der Waals surface area contributed by atoms with Gasteiger partial charge in [-0.25, -0.2) is 9.97 Å². The lowest BCUT2D eigenvalue weighted by atomic mass is 10.0. The second kappa shape index (κ2) is 7.05. The molecule has 2 saturated carbocycles. The van der Waals surface area contributed by atoms with Crippen LogP contribution in [0.25, 0.3) is 32.8 Å². The molecule has 2 unspecified atom stereocenters. The van der Waals surface area contributed by atoms with Gasteiger partial charge < -0.3 is 20.6 Å². The summed E-state index contributed by atoms with van der Waals surface area (Å²) in [5, 5.41) is 9.80. The third-order valence-corrected chi connectivity index (χ3v) is 9.85. The number of fused-ring (bicyclic) bond motifs is 6. The molecule has 0 radical (unpaired) electrons. The summed E-state index contributed by atoms with van der Waals surface area (Å²) in [6.45, 7) is 4.75. The van der Waals surface area contributed by atoms with Crippen LogP contribution < -0.4 is 10.6 Å². The molecular formula is C32H30N6. The fraction of sp³-hybridized carbons (Fsp3) is 0.375. The summed E-state index contributed by atoms with van der Waals surface area (Å²) >= 11 is 0. The lowest BCUT2D eigenvalue weighted by Crippen LogP contribution is -2.18. The molecule has 2 saturated heterocycles. The minimum Gasteiger partial charge on any atom is -0.341 e. The Morgan fingerprint density at radius 2 is 1.37 bits per heavy atom. The molecule has 188 valence electrons. The van der Waals surface area contributed by atoms with Crippen LogP contribution in [-0.4, -0.2) is 32.0 Å². The Kier molecular flexibility index (Phi) is 3.95. The largest absolute Gasteiger partial charge is 0.341 e. The monoisotopic (exact) mass is 498 g/mol. The summed E-state index contributed by atoms with van der Waals surface area (Å²) in [4.78, 5) is 17.0. The number of hydrogen-bond acceptors (Lipinski definition) is 4. The zero-order valence-corrected chi connectivity index (χ0v) is 21.7.